The van der Waals surface area contributed by atoms with Crippen LogP contribution in [0.2, 0.25) is 0 Å². The maximum Gasteiger partial charge on any atom is 0.341 e. The fourth-order valence-electron chi connectivity index (χ4n) is 1.87. The Morgan fingerprint density at radius 1 is 1.42 bits per heavy atom. The molecular weight excluding hydrogens is 246 g/mol. The number of ether oxygens (including phenoxy) is 2. The molecule has 1 atom stereocenters. The van der Waals surface area contributed by atoms with E-state index >= 15 is 0 Å². The molecule has 0 saturated carbocycles. The lowest BCUT2D eigenvalue weighted by molar-refractivity contribution is 0.0675. The molecule has 1 N–H and O–H groups in total. The number of carboxylic acid groups (broad SMARTS) is 1. The van der Waals surface area contributed by atoms with E-state index in [9.17, 15) is 9.90 Å². The Balaban J connectivity index is 2.52. The number of hydrogen-bond acceptors (Lipinski definition) is 4. The number of hydrogen-bond donors (Lipinski definition) is 1. The number of para-hydroxylation sites is 1. The predicted octanol–water partition coefficient (Wildman–Crippen LogP) is 2.35. The van der Waals surface area contributed by atoms with Crippen molar-refractivity contribution in [3.63, 3.8) is 0 Å². The van der Waals surface area contributed by atoms with Crippen LogP contribution in [0.5, 0.6) is 5.75 Å². The lowest BCUT2D eigenvalue weighted by Gasteiger charge is -2.17. The van der Waals surface area contributed by atoms with Gasteiger partial charge < -0.3 is 14.6 Å². The van der Waals surface area contributed by atoms with E-state index in [2.05, 4.69) is 4.98 Å². The third-order valence-corrected chi connectivity index (χ3v) is 2.68. The molecule has 5 heteroatoms. The van der Waals surface area contributed by atoms with Crippen molar-refractivity contribution in [2.24, 2.45) is 0 Å². The summed E-state index contributed by atoms with van der Waals surface area (Å²) in [5.41, 5.74) is 0.758. The summed E-state index contributed by atoms with van der Waals surface area (Å²) in [6.07, 6.45) is 1.08. The van der Waals surface area contributed by atoms with Crippen LogP contribution in [0.1, 0.15) is 17.3 Å². The average molecular weight is 261 g/mol. The zero-order valence-corrected chi connectivity index (χ0v) is 10.8. The van der Waals surface area contributed by atoms with E-state index in [1.807, 2.05) is 25.1 Å². The predicted molar refractivity (Wildman–Crippen MR) is 70.7 cm³/mol. The maximum atomic E-state index is 11.3. The normalized spacial score (nSPS) is 12.3. The maximum absolute atomic E-state index is 11.3. The highest BCUT2D eigenvalue weighted by molar-refractivity contribution is 5.98. The molecule has 1 heterocycles. The van der Waals surface area contributed by atoms with Crippen LogP contribution in [0.25, 0.3) is 10.9 Å². The van der Waals surface area contributed by atoms with Crippen molar-refractivity contribution in [3.05, 3.63) is 36.0 Å². The Hall–Kier alpha value is -2.14. The third-order valence-electron chi connectivity index (χ3n) is 2.68. The van der Waals surface area contributed by atoms with Gasteiger partial charge in [-0.3, -0.25) is 4.98 Å². The second-order valence-corrected chi connectivity index (χ2v) is 4.21. The highest BCUT2D eigenvalue weighted by atomic mass is 16.5. The van der Waals surface area contributed by atoms with E-state index in [0.29, 0.717) is 23.3 Å². The second kappa shape index (κ2) is 5.67. The number of fused-ring (bicyclic) bond motifs is 1. The summed E-state index contributed by atoms with van der Waals surface area (Å²) in [4.78, 5) is 15.4. The van der Waals surface area contributed by atoms with Crippen LogP contribution >= 0.6 is 0 Å². The first-order valence-electron chi connectivity index (χ1n) is 5.90. The Labute approximate surface area is 110 Å². The standard InChI is InChI=1S/C14H15NO4/c1-9(8-18-2)19-13-10-5-3-4-6-12(10)15-7-11(13)14(16)17/h3-7,9H,8H2,1-2H3,(H,16,17). The molecule has 1 unspecified atom stereocenters. The van der Waals surface area contributed by atoms with Gasteiger partial charge in [0, 0.05) is 18.7 Å². The molecule has 0 aliphatic carbocycles. The zero-order valence-electron chi connectivity index (χ0n) is 10.8. The summed E-state index contributed by atoms with van der Waals surface area (Å²) in [7, 11) is 1.57. The molecule has 0 fully saturated rings. The number of carbonyl (C=O) groups is 1. The van der Waals surface area contributed by atoms with Crippen molar-refractivity contribution >= 4 is 16.9 Å². The summed E-state index contributed by atoms with van der Waals surface area (Å²) in [6.45, 7) is 2.21. The van der Waals surface area contributed by atoms with Gasteiger partial charge in [0.1, 0.15) is 17.4 Å². The van der Waals surface area contributed by atoms with Gasteiger partial charge in [0.15, 0.2) is 0 Å². The van der Waals surface area contributed by atoms with Gasteiger partial charge in [-0.15, -0.1) is 0 Å². The van der Waals surface area contributed by atoms with Crippen molar-refractivity contribution < 1.29 is 19.4 Å². The molecule has 2 aromatic rings. The topological polar surface area (TPSA) is 68.7 Å². The monoisotopic (exact) mass is 261 g/mol. The first-order valence-corrected chi connectivity index (χ1v) is 5.90. The lowest BCUT2D eigenvalue weighted by atomic mass is 10.1. The molecule has 1 aromatic heterocycles. The minimum absolute atomic E-state index is 0.0571. The van der Waals surface area contributed by atoms with Gasteiger partial charge in [-0.1, -0.05) is 12.1 Å². The molecule has 0 radical (unpaired) electrons. The molecule has 0 amide bonds. The molecule has 5 nitrogen and oxygen atoms in total. The first kappa shape index (κ1) is 13.3. The van der Waals surface area contributed by atoms with Crippen LogP contribution in [0.3, 0.4) is 0 Å². The summed E-state index contributed by atoms with van der Waals surface area (Å²) < 4.78 is 10.7. The molecular formula is C14H15NO4. The molecule has 19 heavy (non-hydrogen) atoms. The molecule has 0 saturated heterocycles. The van der Waals surface area contributed by atoms with E-state index in [4.69, 9.17) is 9.47 Å². The second-order valence-electron chi connectivity index (χ2n) is 4.21. The Morgan fingerprint density at radius 3 is 2.84 bits per heavy atom. The van der Waals surface area contributed by atoms with E-state index in [1.165, 1.54) is 6.20 Å². The van der Waals surface area contributed by atoms with E-state index < -0.39 is 5.97 Å². The van der Waals surface area contributed by atoms with E-state index in [0.717, 1.165) is 0 Å². The number of aromatic nitrogens is 1. The Morgan fingerprint density at radius 2 is 2.16 bits per heavy atom. The van der Waals surface area contributed by atoms with E-state index in [1.54, 1.807) is 13.2 Å². The highest BCUT2D eigenvalue weighted by Gasteiger charge is 2.17. The van der Waals surface area contributed by atoms with Crippen LogP contribution in [0.15, 0.2) is 30.5 Å². The quantitative estimate of drug-likeness (QED) is 0.894. The van der Waals surface area contributed by atoms with Crippen LogP contribution in [0.4, 0.5) is 0 Å². The molecule has 0 aliphatic heterocycles. The van der Waals surface area contributed by atoms with Gasteiger partial charge >= 0.3 is 5.97 Å². The minimum Gasteiger partial charge on any atom is -0.487 e. The molecule has 2 rings (SSSR count). The smallest absolute Gasteiger partial charge is 0.341 e. The van der Waals surface area contributed by atoms with Crippen LogP contribution in [0, 0.1) is 0 Å². The van der Waals surface area contributed by atoms with Crippen molar-refractivity contribution in [3.8, 4) is 5.75 Å². The fourth-order valence-corrected chi connectivity index (χ4v) is 1.87. The first-order chi connectivity index (χ1) is 9.13. The minimum atomic E-state index is -1.06. The highest BCUT2D eigenvalue weighted by Crippen LogP contribution is 2.29. The summed E-state index contributed by atoms with van der Waals surface area (Å²) in [5.74, 6) is -0.722. The summed E-state index contributed by atoms with van der Waals surface area (Å²) in [5, 5.41) is 9.90. The van der Waals surface area contributed by atoms with Gasteiger partial charge in [0.2, 0.25) is 0 Å². The van der Waals surface area contributed by atoms with Gasteiger partial charge in [0.05, 0.1) is 12.1 Å². The number of aromatic carboxylic acids is 1. The van der Waals surface area contributed by atoms with Crippen molar-refractivity contribution in [2.45, 2.75) is 13.0 Å². The number of benzene rings is 1. The molecule has 1 aromatic carbocycles. The summed E-state index contributed by atoms with van der Waals surface area (Å²) >= 11 is 0. The largest absolute Gasteiger partial charge is 0.487 e. The zero-order chi connectivity index (χ0) is 13.8. The van der Waals surface area contributed by atoms with Crippen molar-refractivity contribution in [1.82, 2.24) is 4.98 Å². The van der Waals surface area contributed by atoms with E-state index in [-0.39, 0.29) is 11.7 Å². The number of nitrogens with zero attached hydrogens (tertiary/aromatic N) is 1. The van der Waals surface area contributed by atoms with Crippen LogP contribution in [-0.4, -0.2) is 35.9 Å². The van der Waals surface area contributed by atoms with Gasteiger partial charge in [-0.2, -0.15) is 0 Å². The van der Waals surface area contributed by atoms with Gasteiger partial charge in [0.25, 0.3) is 0 Å². The van der Waals surface area contributed by atoms with Gasteiger partial charge in [-0.25, -0.2) is 4.79 Å². The van der Waals surface area contributed by atoms with Crippen molar-refractivity contribution in [2.75, 3.05) is 13.7 Å². The molecule has 0 bridgehead atoms. The molecule has 0 aliphatic rings. The third kappa shape index (κ3) is 2.82. The van der Waals surface area contributed by atoms with Gasteiger partial charge in [-0.05, 0) is 19.1 Å². The van der Waals surface area contributed by atoms with Crippen LogP contribution in [-0.2, 0) is 4.74 Å². The Bertz CT molecular complexity index is 597. The molecule has 0 spiro atoms. The summed E-state index contributed by atoms with van der Waals surface area (Å²) in [6, 6.07) is 7.28. The average Bonchev–Trinajstić information content (AvgIpc) is 2.39. The number of carboxylic acids is 1. The van der Waals surface area contributed by atoms with Crippen molar-refractivity contribution in [1.29, 1.82) is 0 Å². The number of rotatable bonds is 5. The fraction of sp³-hybridized carbons (Fsp3) is 0.286. The Kier molecular flexibility index (Phi) is 3.97. The van der Waals surface area contributed by atoms with Crippen LogP contribution < -0.4 is 4.74 Å². The number of pyridine rings is 1. The SMILES string of the molecule is COCC(C)Oc1c(C(=O)O)cnc2ccccc12. The number of methoxy groups -OCH3 is 1. The molecule has 100 valence electrons. The lowest BCUT2D eigenvalue weighted by Crippen LogP contribution is -2.19.